The molecule has 0 amide bonds. The monoisotopic (exact) mass is 1180 g/mol. The Balaban J connectivity index is 0.000000114. The fourth-order valence-corrected chi connectivity index (χ4v) is 12.0. The molecule has 6 aromatic heterocycles. The number of para-hydroxylation sites is 3. The third kappa shape index (κ3) is 9.30. The molecule has 0 atom stereocenters. The Morgan fingerprint density at radius 1 is 0.342 bits per heavy atom. The molecule has 15 rings (SSSR count). The molecule has 76 heavy (non-hydrogen) atoms. The molecule has 0 saturated heterocycles. The van der Waals surface area contributed by atoms with Crippen molar-refractivity contribution in [3.63, 3.8) is 0 Å². The van der Waals surface area contributed by atoms with E-state index < -0.39 is 0 Å². The minimum atomic E-state index is -0.356. The quantitative estimate of drug-likeness (QED) is 0.122. The van der Waals surface area contributed by atoms with E-state index >= 15 is 0 Å². The maximum Gasteiger partial charge on any atom is 3.00 e. The van der Waals surface area contributed by atoms with E-state index in [0.717, 1.165) is 104 Å². The van der Waals surface area contributed by atoms with Gasteiger partial charge in [-0.15, -0.1) is 54.6 Å². The zero-order valence-corrected chi connectivity index (χ0v) is 44.0. The summed E-state index contributed by atoms with van der Waals surface area (Å²) < 4.78 is 62.0. The number of rotatable bonds is 6. The molecule has 0 spiro atoms. The first-order valence-corrected chi connectivity index (χ1v) is 26.4. The molecule has 10 heteroatoms. The summed E-state index contributed by atoms with van der Waals surface area (Å²) in [5.41, 5.74) is 10.7. The van der Waals surface area contributed by atoms with Crippen LogP contribution >= 0.6 is 0 Å². The van der Waals surface area contributed by atoms with Crippen LogP contribution in [-0.2, 0) is 20.1 Å². The van der Waals surface area contributed by atoms with Crippen LogP contribution in [-0.4, -0.2) is 15.0 Å². The van der Waals surface area contributed by atoms with Crippen LogP contribution in [0.4, 0.5) is 13.2 Å². The fraction of sp³-hybridized carbons (Fsp3) is 0.227. The second-order valence-corrected chi connectivity index (χ2v) is 20.3. The second-order valence-electron chi connectivity index (χ2n) is 20.3. The summed E-state index contributed by atoms with van der Waals surface area (Å²) in [6, 6.07) is 56.1. The fourth-order valence-electron chi connectivity index (χ4n) is 12.0. The summed E-state index contributed by atoms with van der Waals surface area (Å²) in [7, 11) is 0. The number of hydrogen-bond donors (Lipinski definition) is 0. The van der Waals surface area contributed by atoms with Crippen LogP contribution in [0, 0.1) is 36.0 Å². The summed E-state index contributed by atoms with van der Waals surface area (Å²) in [4.78, 5) is 12.8. The number of fused-ring (bicyclic) bond motifs is 9. The Morgan fingerprint density at radius 3 is 0.895 bits per heavy atom. The standard InChI is InChI=1S/3C22H17FNO.Ir/c3*23-22-15(14-6-1-2-7-14)12-13-19(24-22)18-10-5-9-17-16-8-3-4-11-20(16)25-21(17)18;/h3*3-5,8-9,11-14H,1-2,6-7H2;/q3*-1;+3. The Hall–Kier alpha value is -7.39. The van der Waals surface area contributed by atoms with Crippen molar-refractivity contribution in [3.05, 3.63) is 198 Å². The van der Waals surface area contributed by atoms with Crippen LogP contribution in [0.3, 0.4) is 0 Å². The van der Waals surface area contributed by atoms with Gasteiger partial charge in [0, 0.05) is 32.8 Å². The van der Waals surface area contributed by atoms with E-state index in [1.54, 1.807) is 0 Å². The van der Waals surface area contributed by atoms with Gasteiger partial charge in [0.15, 0.2) is 0 Å². The molecule has 3 fully saturated rings. The molecule has 3 aliphatic rings. The summed E-state index contributed by atoms with van der Waals surface area (Å²) >= 11 is 0. The van der Waals surface area contributed by atoms with Gasteiger partial charge in [0.25, 0.3) is 0 Å². The van der Waals surface area contributed by atoms with E-state index in [9.17, 15) is 13.2 Å². The molecular formula is C66H51F3IrN3O3. The SMILES string of the molecule is Fc1nc(-c2[c-]ccc3c2oc2ccccc23)ccc1C1CCCC1.Fc1nc(-c2[c-]ccc3c2oc2ccccc23)ccc1C1CCCC1.Fc1nc(-c2[c-]ccc3c2oc2ccccc23)ccc1C1CCCC1.[Ir+3]. The summed E-state index contributed by atoms with van der Waals surface area (Å²) in [5, 5.41) is 6.17. The van der Waals surface area contributed by atoms with Crippen molar-refractivity contribution in [1.29, 1.82) is 0 Å². The molecular weight excluding hydrogens is 1130 g/mol. The topological polar surface area (TPSA) is 78.1 Å². The molecule has 6 nitrogen and oxygen atoms in total. The second kappa shape index (κ2) is 21.3. The van der Waals surface area contributed by atoms with Crippen LogP contribution in [0.25, 0.3) is 99.6 Å². The van der Waals surface area contributed by atoms with Crippen molar-refractivity contribution >= 4 is 65.8 Å². The number of benzene rings is 6. The summed E-state index contributed by atoms with van der Waals surface area (Å²) in [6.07, 6.45) is 13.4. The van der Waals surface area contributed by atoms with Gasteiger partial charge in [-0.05, 0) is 91.6 Å². The average molecular weight is 1180 g/mol. The first-order valence-electron chi connectivity index (χ1n) is 26.4. The van der Waals surface area contributed by atoms with Gasteiger partial charge in [-0.3, -0.25) is 15.0 Å². The Bertz CT molecular complexity index is 3650. The van der Waals surface area contributed by atoms with E-state index in [0.29, 0.717) is 68.3 Å². The van der Waals surface area contributed by atoms with Crippen molar-refractivity contribution in [1.82, 2.24) is 15.0 Å². The van der Waals surface area contributed by atoms with Gasteiger partial charge in [0.05, 0.1) is 16.7 Å². The number of hydrogen-bond acceptors (Lipinski definition) is 6. The largest absolute Gasteiger partial charge is 3.00 e. The average Bonchev–Trinajstić information content (AvgIpc) is 4.38. The molecule has 0 unspecified atom stereocenters. The molecule has 3 aliphatic carbocycles. The Labute approximate surface area is 451 Å². The van der Waals surface area contributed by atoms with Crippen LogP contribution in [0.1, 0.15) is 111 Å². The van der Waals surface area contributed by atoms with Gasteiger partial charge >= 0.3 is 20.1 Å². The van der Waals surface area contributed by atoms with E-state index in [4.69, 9.17) is 13.3 Å². The molecule has 378 valence electrons. The molecule has 0 radical (unpaired) electrons. The minimum absolute atomic E-state index is 0. The Morgan fingerprint density at radius 2 is 0.618 bits per heavy atom. The van der Waals surface area contributed by atoms with Crippen LogP contribution in [0.2, 0.25) is 0 Å². The predicted molar refractivity (Wildman–Crippen MR) is 291 cm³/mol. The van der Waals surface area contributed by atoms with Crippen molar-refractivity contribution in [2.24, 2.45) is 0 Å². The Kier molecular flexibility index (Phi) is 13.9. The van der Waals surface area contributed by atoms with Crippen LogP contribution in [0.15, 0.2) is 159 Å². The van der Waals surface area contributed by atoms with E-state index in [1.807, 2.05) is 146 Å². The maximum absolute atomic E-state index is 14.6. The number of halogens is 3. The summed E-state index contributed by atoms with van der Waals surface area (Å²) in [6.45, 7) is 0. The van der Waals surface area contributed by atoms with Gasteiger partial charge in [-0.2, -0.15) is 13.2 Å². The smallest absolute Gasteiger partial charge is 0.501 e. The molecule has 6 aromatic carbocycles. The maximum atomic E-state index is 14.6. The summed E-state index contributed by atoms with van der Waals surface area (Å²) in [5.74, 6) is -0.129. The van der Waals surface area contributed by atoms with Crippen molar-refractivity contribution in [3.8, 4) is 33.8 Å². The van der Waals surface area contributed by atoms with Crippen LogP contribution in [0.5, 0.6) is 0 Å². The molecule has 0 bridgehead atoms. The van der Waals surface area contributed by atoms with Crippen LogP contribution < -0.4 is 0 Å². The molecule has 0 N–H and O–H groups in total. The normalized spacial score (nSPS) is 15.2. The molecule has 12 aromatic rings. The van der Waals surface area contributed by atoms with Crippen molar-refractivity contribution < 1.29 is 46.5 Å². The number of furan rings is 3. The van der Waals surface area contributed by atoms with Crippen molar-refractivity contribution in [2.45, 2.75) is 94.8 Å². The van der Waals surface area contributed by atoms with Gasteiger partial charge in [0.1, 0.15) is 16.7 Å². The van der Waals surface area contributed by atoms with Gasteiger partial charge in [-0.25, -0.2) is 0 Å². The third-order valence-corrected chi connectivity index (χ3v) is 15.8. The van der Waals surface area contributed by atoms with E-state index in [1.165, 1.54) is 38.5 Å². The van der Waals surface area contributed by atoms with Gasteiger partial charge in [0.2, 0.25) is 17.8 Å². The van der Waals surface area contributed by atoms with Gasteiger partial charge < -0.3 is 13.3 Å². The molecule has 6 heterocycles. The number of nitrogens with zero attached hydrogens (tertiary/aromatic N) is 3. The zero-order chi connectivity index (χ0) is 50.4. The van der Waals surface area contributed by atoms with Gasteiger partial charge in [-0.1, -0.05) is 162 Å². The van der Waals surface area contributed by atoms with E-state index in [-0.39, 0.29) is 37.9 Å². The van der Waals surface area contributed by atoms with Crippen molar-refractivity contribution in [2.75, 3.05) is 0 Å². The zero-order valence-electron chi connectivity index (χ0n) is 41.6. The third-order valence-electron chi connectivity index (χ3n) is 15.8. The first-order chi connectivity index (χ1) is 36.9. The number of aromatic nitrogens is 3. The molecule has 3 saturated carbocycles. The number of pyridine rings is 3. The minimum Gasteiger partial charge on any atom is -0.501 e. The molecule has 0 aliphatic heterocycles. The van der Waals surface area contributed by atoms with E-state index in [2.05, 4.69) is 33.2 Å². The predicted octanol–water partition coefficient (Wildman–Crippen LogP) is 18.7. The first kappa shape index (κ1) is 49.5.